The molecule has 1 aromatic carbocycles. The Bertz CT molecular complexity index is 841. The van der Waals surface area contributed by atoms with Crippen LogP contribution in [-0.2, 0) is 23.9 Å². The third kappa shape index (κ3) is 6.31. The number of ether oxygens (including phenoxy) is 3. The number of Topliss-reactive ketones (excluding diaryl/α,β-unsaturated/α-hetero) is 1. The first-order chi connectivity index (χ1) is 14.6. The minimum absolute atomic E-state index is 0.353. The van der Waals surface area contributed by atoms with Gasteiger partial charge >= 0.3 is 11.9 Å². The fraction of sp³-hybridized carbons (Fsp3) is 0.640. The van der Waals surface area contributed by atoms with Crippen LogP contribution in [0.1, 0.15) is 73.3 Å². The molecule has 7 heteroatoms. The van der Waals surface area contributed by atoms with Gasteiger partial charge in [0.25, 0.3) is 0 Å². The van der Waals surface area contributed by atoms with Gasteiger partial charge in [0.1, 0.15) is 22.9 Å². The van der Waals surface area contributed by atoms with Crippen LogP contribution in [0.2, 0.25) is 0 Å². The number of esters is 2. The van der Waals surface area contributed by atoms with Crippen LogP contribution in [0.5, 0.6) is 5.75 Å². The van der Waals surface area contributed by atoms with E-state index in [4.69, 9.17) is 14.2 Å². The molecule has 1 aromatic rings. The zero-order valence-corrected chi connectivity index (χ0v) is 20.4. The zero-order chi connectivity index (χ0) is 24.5. The predicted molar refractivity (Wildman–Crippen MR) is 119 cm³/mol. The molecule has 1 saturated carbocycles. The van der Waals surface area contributed by atoms with E-state index < -0.39 is 52.3 Å². The van der Waals surface area contributed by atoms with E-state index in [0.29, 0.717) is 17.9 Å². The largest absolute Gasteiger partial charge is 0.494 e. The van der Waals surface area contributed by atoms with Gasteiger partial charge in [0.2, 0.25) is 0 Å². The number of aliphatic hydroxyl groups is 1. The molecule has 0 radical (unpaired) electrons. The highest BCUT2D eigenvalue weighted by atomic mass is 16.6. The smallest absolute Gasteiger partial charge is 0.317 e. The summed E-state index contributed by atoms with van der Waals surface area (Å²) in [4.78, 5) is 39.5. The van der Waals surface area contributed by atoms with Gasteiger partial charge in [0, 0.05) is 12.3 Å². The Kier molecular flexibility index (Phi) is 7.45. The molecule has 0 bridgehead atoms. The van der Waals surface area contributed by atoms with Crippen LogP contribution in [0.15, 0.2) is 24.3 Å². The van der Waals surface area contributed by atoms with E-state index in [-0.39, 0.29) is 6.42 Å². The monoisotopic (exact) mass is 448 g/mol. The summed E-state index contributed by atoms with van der Waals surface area (Å²) in [5, 5.41) is 11.2. The quantitative estimate of drug-likeness (QED) is 0.540. The maximum absolute atomic E-state index is 13.3. The molecule has 0 aromatic heterocycles. The fourth-order valence-electron chi connectivity index (χ4n) is 4.10. The molecule has 4 atom stereocenters. The molecule has 178 valence electrons. The lowest BCUT2D eigenvalue weighted by Gasteiger charge is -2.44. The molecule has 2 rings (SSSR count). The van der Waals surface area contributed by atoms with Gasteiger partial charge in [-0.2, -0.15) is 0 Å². The maximum Gasteiger partial charge on any atom is 0.317 e. The van der Waals surface area contributed by atoms with E-state index in [9.17, 15) is 19.5 Å². The summed E-state index contributed by atoms with van der Waals surface area (Å²) in [6.45, 7) is 14.1. The first-order valence-corrected chi connectivity index (χ1v) is 11.0. The Morgan fingerprint density at radius 2 is 1.50 bits per heavy atom. The summed E-state index contributed by atoms with van der Waals surface area (Å²) >= 11 is 0. The number of rotatable bonds is 5. The summed E-state index contributed by atoms with van der Waals surface area (Å²) in [7, 11) is 0. The molecule has 7 nitrogen and oxygen atoms in total. The number of benzene rings is 1. The van der Waals surface area contributed by atoms with E-state index >= 15 is 0 Å². The van der Waals surface area contributed by atoms with Crippen molar-refractivity contribution in [1.29, 1.82) is 0 Å². The van der Waals surface area contributed by atoms with Crippen LogP contribution < -0.4 is 4.74 Å². The predicted octanol–water partition coefficient (Wildman–Crippen LogP) is 3.81. The van der Waals surface area contributed by atoms with Crippen molar-refractivity contribution in [2.24, 2.45) is 11.8 Å². The van der Waals surface area contributed by atoms with Gasteiger partial charge in [-0.15, -0.1) is 0 Å². The number of carbonyl (C=O) groups excluding carboxylic acids is 3. The van der Waals surface area contributed by atoms with Crippen LogP contribution in [0.4, 0.5) is 0 Å². The molecule has 0 amide bonds. The molecule has 0 aliphatic heterocycles. The third-order valence-corrected chi connectivity index (χ3v) is 5.16. The van der Waals surface area contributed by atoms with E-state index in [0.717, 1.165) is 0 Å². The van der Waals surface area contributed by atoms with Crippen LogP contribution in [0.3, 0.4) is 0 Å². The van der Waals surface area contributed by atoms with Gasteiger partial charge in [-0.25, -0.2) is 0 Å². The molecular weight excluding hydrogens is 412 g/mol. The van der Waals surface area contributed by atoms with Crippen molar-refractivity contribution >= 4 is 17.7 Å². The van der Waals surface area contributed by atoms with Crippen LogP contribution >= 0.6 is 0 Å². The van der Waals surface area contributed by atoms with Crippen molar-refractivity contribution < 1.29 is 33.7 Å². The molecule has 0 heterocycles. The number of carbonyl (C=O) groups is 3. The summed E-state index contributed by atoms with van der Waals surface area (Å²) in [5.74, 6) is -4.57. The topological polar surface area (TPSA) is 99.1 Å². The second-order valence-electron chi connectivity index (χ2n) is 10.6. The summed E-state index contributed by atoms with van der Waals surface area (Å²) in [6.07, 6.45) is -0.353. The van der Waals surface area contributed by atoms with Crippen molar-refractivity contribution in [3.05, 3.63) is 29.8 Å². The fourth-order valence-corrected chi connectivity index (χ4v) is 4.10. The second kappa shape index (κ2) is 9.22. The van der Waals surface area contributed by atoms with Crippen LogP contribution in [-0.4, -0.2) is 46.2 Å². The van der Waals surface area contributed by atoms with E-state index in [1.807, 2.05) is 6.92 Å². The summed E-state index contributed by atoms with van der Waals surface area (Å²) in [6, 6.07) is 6.84. The van der Waals surface area contributed by atoms with Gasteiger partial charge in [-0.05, 0) is 73.1 Å². The van der Waals surface area contributed by atoms with Gasteiger partial charge in [0.15, 0.2) is 5.78 Å². The lowest BCUT2D eigenvalue weighted by Crippen LogP contribution is -2.56. The molecule has 1 fully saturated rings. The summed E-state index contributed by atoms with van der Waals surface area (Å²) < 4.78 is 16.6. The molecule has 0 saturated heterocycles. The molecule has 1 N–H and O–H groups in total. The molecule has 1 aliphatic rings. The van der Waals surface area contributed by atoms with Crippen molar-refractivity contribution in [3.63, 3.8) is 0 Å². The average Bonchev–Trinajstić information content (AvgIpc) is 2.57. The van der Waals surface area contributed by atoms with Crippen LogP contribution in [0.25, 0.3) is 0 Å². The van der Waals surface area contributed by atoms with E-state index in [1.54, 1.807) is 65.8 Å². The zero-order valence-electron chi connectivity index (χ0n) is 20.4. The first kappa shape index (κ1) is 25.8. The number of hydrogen-bond donors (Lipinski definition) is 1. The maximum atomic E-state index is 13.3. The molecular formula is C25H36O7. The Morgan fingerprint density at radius 3 is 1.97 bits per heavy atom. The summed E-state index contributed by atoms with van der Waals surface area (Å²) in [5.41, 5.74) is -2.77. The van der Waals surface area contributed by atoms with Gasteiger partial charge in [-0.3, -0.25) is 14.4 Å². The van der Waals surface area contributed by atoms with E-state index in [2.05, 4.69) is 0 Å². The molecule has 0 unspecified atom stereocenters. The van der Waals surface area contributed by atoms with Crippen molar-refractivity contribution in [1.82, 2.24) is 0 Å². The second-order valence-corrected chi connectivity index (χ2v) is 10.6. The SMILES string of the molecule is CCOc1ccc([C@H]2[C@@H](C(=O)OC(C)(C)C)C(=O)C[C@@](C)(O)[C@@H]2C(=O)OC(C)(C)C)cc1. The molecule has 0 spiro atoms. The highest BCUT2D eigenvalue weighted by Gasteiger charge is 2.57. The molecule has 1 aliphatic carbocycles. The van der Waals surface area contributed by atoms with Gasteiger partial charge in [-0.1, -0.05) is 12.1 Å². The minimum Gasteiger partial charge on any atom is -0.494 e. The Labute approximate surface area is 190 Å². The van der Waals surface area contributed by atoms with Crippen molar-refractivity contribution in [2.45, 2.75) is 84.5 Å². The standard InChI is InChI=1S/C25H36O7/c1-9-30-16-12-10-15(11-13-16)18-19(21(27)31-23(2,3)4)17(26)14-25(8,29)20(18)22(28)32-24(5,6)7/h10-13,18-20,29H,9,14H2,1-8H3/t18-,19-,20-,25+/m0/s1. The lowest BCUT2D eigenvalue weighted by atomic mass is 9.61. The third-order valence-electron chi connectivity index (χ3n) is 5.16. The highest BCUT2D eigenvalue weighted by Crippen LogP contribution is 2.47. The first-order valence-electron chi connectivity index (χ1n) is 11.0. The Balaban J connectivity index is 2.62. The van der Waals surface area contributed by atoms with Gasteiger partial charge < -0.3 is 19.3 Å². The van der Waals surface area contributed by atoms with Gasteiger partial charge in [0.05, 0.1) is 18.1 Å². The Hall–Kier alpha value is -2.41. The van der Waals surface area contributed by atoms with Crippen molar-refractivity contribution in [2.75, 3.05) is 6.61 Å². The number of hydrogen-bond acceptors (Lipinski definition) is 7. The van der Waals surface area contributed by atoms with Crippen molar-refractivity contribution in [3.8, 4) is 5.75 Å². The Morgan fingerprint density at radius 1 is 1.00 bits per heavy atom. The highest BCUT2D eigenvalue weighted by molar-refractivity contribution is 6.03. The number of ketones is 1. The minimum atomic E-state index is -1.69. The van der Waals surface area contributed by atoms with Crippen LogP contribution in [0, 0.1) is 11.8 Å². The molecule has 32 heavy (non-hydrogen) atoms. The average molecular weight is 449 g/mol. The normalized spacial score (nSPS) is 26.4. The lowest BCUT2D eigenvalue weighted by molar-refractivity contribution is -0.182. The van der Waals surface area contributed by atoms with E-state index in [1.165, 1.54) is 6.92 Å².